The van der Waals surface area contributed by atoms with E-state index in [0.29, 0.717) is 12.1 Å². The number of carbonyl (C=O) groups excluding carboxylic acids is 2. The number of benzene rings is 2. The van der Waals surface area contributed by atoms with Crippen molar-refractivity contribution in [3.8, 4) is 0 Å². The van der Waals surface area contributed by atoms with E-state index in [1.165, 1.54) is 0 Å². The molecule has 0 saturated carbocycles. The molecule has 0 radical (unpaired) electrons. The maximum absolute atomic E-state index is 11.9. The van der Waals surface area contributed by atoms with Gasteiger partial charge in [0.25, 0.3) is 5.91 Å². The van der Waals surface area contributed by atoms with Crippen molar-refractivity contribution in [1.82, 2.24) is 5.32 Å². The molecule has 1 N–H and O–H groups in total. The topological polar surface area (TPSA) is 55.4 Å². The molecule has 5 heteroatoms. The molecular weight excluding hydrogens is 310 g/mol. The summed E-state index contributed by atoms with van der Waals surface area (Å²) in [4.78, 5) is 24.7. The van der Waals surface area contributed by atoms with Gasteiger partial charge in [-0.3, -0.25) is 4.79 Å². The molecule has 4 nitrogen and oxygen atoms in total. The molecule has 0 heterocycles. The van der Waals surface area contributed by atoms with Crippen molar-refractivity contribution in [3.05, 3.63) is 65.2 Å². The number of nitrogens with one attached hydrogen (secondary N) is 1. The van der Waals surface area contributed by atoms with E-state index in [4.69, 9.17) is 4.74 Å². The molecule has 0 aromatic heterocycles. The minimum Gasteiger partial charge on any atom is -0.452 e. The van der Waals surface area contributed by atoms with Gasteiger partial charge in [-0.25, -0.2) is 4.79 Å². The van der Waals surface area contributed by atoms with Crippen LogP contribution < -0.4 is 5.32 Å². The van der Waals surface area contributed by atoms with E-state index in [9.17, 15) is 9.59 Å². The van der Waals surface area contributed by atoms with Crippen LogP contribution in [0.1, 0.15) is 21.5 Å². The number of esters is 1. The van der Waals surface area contributed by atoms with Crippen molar-refractivity contribution in [1.29, 1.82) is 0 Å². The molecular formula is C18H19NO3S. The van der Waals surface area contributed by atoms with Crippen LogP contribution in [-0.4, -0.2) is 24.7 Å². The number of aryl methyl sites for hydroxylation is 1. The summed E-state index contributed by atoms with van der Waals surface area (Å²) < 4.78 is 5.02. The Hall–Kier alpha value is -2.27. The largest absolute Gasteiger partial charge is 0.452 e. The van der Waals surface area contributed by atoms with Gasteiger partial charge in [0.1, 0.15) is 0 Å². The number of hydrogen-bond donors (Lipinski definition) is 1. The summed E-state index contributed by atoms with van der Waals surface area (Å²) in [5.41, 5.74) is 2.59. The Bertz CT molecular complexity index is 683. The quantitative estimate of drug-likeness (QED) is 0.653. The van der Waals surface area contributed by atoms with Crippen LogP contribution in [0.5, 0.6) is 0 Å². The number of rotatable bonds is 6. The highest BCUT2D eigenvalue weighted by molar-refractivity contribution is 7.98. The van der Waals surface area contributed by atoms with Crippen LogP contribution in [0.3, 0.4) is 0 Å². The SMILES string of the molecule is CSc1ccc(C(=O)OCC(=O)NCc2ccccc2C)cc1. The molecule has 2 aromatic rings. The maximum atomic E-state index is 11.9. The van der Waals surface area contributed by atoms with Crippen LogP contribution in [0.2, 0.25) is 0 Å². The summed E-state index contributed by atoms with van der Waals surface area (Å²) in [5, 5.41) is 2.75. The van der Waals surface area contributed by atoms with Gasteiger partial charge in [0, 0.05) is 11.4 Å². The van der Waals surface area contributed by atoms with Gasteiger partial charge in [0.05, 0.1) is 5.56 Å². The van der Waals surface area contributed by atoms with Crippen LogP contribution in [0.4, 0.5) is 0 Å². The lowest BCUT2D eigenvalue weighted by Gasteiger charge is -2.08. The van der Waals surface area contributed by atoms with Crippen molar-refractivity contribution in [2.24, 2.45) is 0 Å². The minimum absolute atomic E-state index is 0.283. The normalized spacial score (nSPS) is 10.2. The molecule has 120 valence electrons. The van der Waals surface area contributed by atoms with Gasteiger partial charge in [0.15, 0.2) is 6.61 Å². The molecule has 0 unspecified atom stereocenters. The lowest BCUT2D eigenvalue weighted by atomic mass is 10.1. The van der Waals surface area contributed by atoms with Crippen molar-refractivity contribution in [2.75, 3.05) is 12.9 Å². The van der Waals surface area contributed by atoms with Crippen LogP contribution in [0, 0.1) is 6.92 Å². The summed E-state index contributed by atoms with van der Waals surface area (Å²) in [5.74, 6) is -0.814. The van der Waals surface area contributed by atoms with Gasteiger partial charge in [-0.1, -0.05) is 24.3 Å². The molecule has 0 fully saturated rings. The van der Waals surface area contributed by atoms with Crippen LogP contribution in [0.15, 0.2) is 53.4 Å². The van der Waals surface area contributed by atoms with Gasteiger partial charge in [-0.05, 0) is 48.6 Å². The standard InChI is InChI=1S/C18H19NO3S/c1-13-5-3-4-6-15(13)11-19-17(20)12-22-18(21)14-7-9-16(23-2)10-8-14/h3-10H,11-12H2,1-2H3,(H,19,20). The zero-order chi connectivity index (χ0) is 16.7. The first-order valence-corrected chi connectivity index (χ1v) is 8.45. The van der Waals surface area contributed by atoms with Gasteiger partial charge in [-0.2, -0.15) is 0 Å². The summed E-state index contributed by atoms with van der Waals surface area (Å²) >= 11 is 1.60. The summed E-state index contributed by atoms with van der Waals surface area (Å²) in [7, 11) is 0. The number of amides is 1. The molecule has 0 spiro atoms. The molecule has 0 saturated heterocycles. The average Bonchev–Trinajstić information content (AvgIpc) is 2.59. The number of carbonyl (C=O) groups is 2. The van der Waals surface area contributed by atoms with Crippen molar-refractivity contribution in [3.63, 3.8) is 0 Å². The van der Waals surface area contributed by atoms with E-state index in [-0.39, 0.29) is 12.5 Å². The van der Waals surface area contributed by atoms with E-state index < -0.39 is 5.97 Å². The Morgan fingerprint density at radius 1 is 1.09 bits per heavy atom. The molecule has 0 aliphatic heterocycles. The molecule has 0 atom stereocenters. The number of hydrogen-bond acceptors (Lipinski definition) is 4. The first-order valence-electron chi connectivity index (χ1n) is 7.22. The molecule has 2 aromatic carbocycles. The van der Waals surface area contributed by atoms with Gasteiger partial charge >= 0.3 is 5.97 Å². The number of thioether (sulfide) groups is 1. The van der Waals surface area contributed by atoms with Gasteiger partial charge in [0.2, 0.25) is 0 Å². The Morgan fingerprint density at radius 2 is 1.78 bits per heavy atom. The van der Waals surface area contributed by atoms with E-state index in [2.05, 4.69) is 5.32 Å². The monoisotopic (exact) mass is 329 g/mol. The molecule has 0 aliphatic rings. The fraction of sp³-hybridized carbons (Fsp3) is 0.222. The van der Waals surface area contributed by atoms with Crippen LogP contribution in [0.25, 0.3) is 0 Å². The Labute approximate surface area is 140 Å². The predicted molar refractivity (Wildman–Crippen MR) is 91.5 cm³/mol. The second-order valence-corrected chi connectivity index (χ2v) is 5.89. The fourth-order valence-corrected chi connectivity index (χ4v) is 2.40. The van der Waals surface area contributed by atoms with Crippen LogP contribution in [-0.2, 0) is 16.1 Å². The predicted octanol–water partition coefficient (Wildman–Crippen LogP) is 3.19. The second-order valence-electron chi connectivity index (χ2n) is 5.01. The van der Waals surface area contributed by atoms with E-state index >= 15 is 0 Å². The van der Waals surface area contributed by atoms with Crippen LogP contribution >= 0.6 is 11.8 Å². The van der Waals surface area contributed by atoms with E-state index in [1.54, 1.807) is 23.9 Å². The smallest absolute Gasteiger partial charge is 0.338 e. The molecule has 2 rings (SSSR count). The van der Waals surface area contributed by atoms with Gasteiger partial charge in [-0.15, -0.1) is 11.8 Å². The Morgan fingerprint density at radius 3 is 2.43 bits per heavy atom. The second kappa shape index (κ2) is 8.39. The zero-order valence-electron chi connectivity index (χ0n) is 13.2. The first-order chi connectivity index (χ1) is 11.1. The third-order valence-corrected chi connectivity index (χ3v) is 4.14. The summed E-state index contributed by atoms with van der Waals surface area (Å²) in [6.45, 7) is 2.13. The molecule has 0 aliphatic carbocycles. The zero-order valence-corrected chi connectivity index (χ0v) is 14.0. The highest BCUT2D eigenvalue weighted by Gasteiger charge is 2.10. The highest BCUT2D eigenvalue weighted by atomic mass is 32.2. The lowest BCUT2D eigenvalue weighted by molar-refractivity contribution is -0.124. The lowest BCUT2D eigenvalue weighted by Crippen LogP contribution is -2.28. The third kappa shape index (κ3) is 5.14. The van der Waals surface area contributed by atoms with Crippen molar-refractivity contribution >= 4 is 23.6 Å². The fourth-order valence-electron chi connectivity index (χ4n) is 1.99. The third-order valence-electron chi connectivity index (χ3n) is 3.40. The highest BCUT2D eigenvalue weighted by Crippen LogP contribution is 2.15. The Balaban J connectivity index is 1.79. The van der Waals surface area contributed by atoms with E-state index in [0.717, 1.165) is 16.0 Å². The first kappa shape index (κ1) is 17.1. The molecule has 0 bridgehead atoms. The summed E-state index contributed by atoms with van der Waals surface area (Å²) in [6.07, 6.45) is 1.96. The summed E-state index contributed by atoms with van der Waals surface area (Å²) in [6, 6.07) is 14.9. The molecule has 23 heavy (non-hydrogen) atoms. The Kier molecular flexibility index (Phi) is 6.23. The number of ether oxygens (including phenoxy) is 1. The minimum atomic E-state index is -0.497. The van der Waals surface area contributed by atoms with Crippen molar-refractivity contribution < 1.29 is 14.3 Å². The van der Waals surface area contributed by atoms with E-state index in [1.807, 2.05) is 49.6 Å². The maximum Gasteiger partial charge on any atom is 0.338 e. The van der Waals surface area contributed by atoms with Gasteiger partial charge < -0.3 is 10.1 Å². The average molecular weight is 329 g/mol. The molecule has 1 amide bonds. The van der Waals surface area contributed by atoms with Crippen molar-refractivity contribution in [2.45, 2.75) is 18.4 Å².